The van der Waals surface area contributed by atoms with Gasteiger partial charge in [-0.2, -0.15) is 0 Å². The Morgan fingerprint density at radius 3 is 2.67 bits per heavy atom. The number of para-hydroxylation sites is 3. The van der Waals surface area contributed by atoms with Crippen LogP contribution in [0.1, 0.15) is 0 Å². The molecule has 0 saturated heterocycles. The van der Waals surface area contributed by atoms with Gasteiger partial charge in [0.25, 0.3) is 0 Å². The van der Waals surface area contributed by atoms with Crippen LogP contribution in [0.4, 0.5) is 0 Å². The van der Waals surface area contributed by atoms with Crippen molar-refractivity contribution in [3.8, 4) is 27.9 Å². The van der Waals surface area contributed by atoms with Gasteiger partial charge in [0, 0.05) is 12.7 Å². The van der Waals surface area contributed by atoms with Gasteiger partial charge in [-0.3, -0.25) is 9.36 Å². The fourth-order valence-electron chi connectivity index (χ4n) is 3.54. The summed E-state index contributed by atoms with van der Waals surface area (Å²) in [7, 11) is 1.78. The van der Waals surface area contributed by atoms with E-state index in [1.165, 1.54) is 11.8 Å². The van der Waals surface area contributed by atoms with E-state index in [2.05, 4.69) is 10.2 Å². The average molecular weight is 479 g/mol. The summed E-state index contributed by atoms with van der Waals surface area (Å²) in [5.74, 6) is 2.45. The standard InChI is InChI=1S/C24H22N4O3S2/c1-27(14-18-15-30-19-10-5-6-11-20(19)31-18)22(29)16-33-24-26-25-23(21-12-7-13-32-21)28(24)17-8-3-2-4-9-17/h2-13,18H,14-16H2,1H3/t18-/m1/s1. The maximum Gasteiger partial charge on any atom is 0.232 e. The first-order valence-electron chi connectivity index (χ1n) is 10.5. The number of carbonyl (C=O) groups excluding carboxylic acids is 1. The van der Waals surface area contributed by atoms with E-state index in [1.54, 1.807) is 23.3 Å². The highest BCUT2D eigenvalue weighted by Crippen LogP contribution is 2.32. The lowest BCUT2D eigenvalue weighted by Gasteiger charge is -2.29. The number of carbonyl (C=O) groups is 1. The molecule has 0 N–H and O–H groups in total. The molecule has 4 aromatic rings. The number of ether oxygens (including phenoxy) is 2. The Morgan fingerprint density at radius 1 is 1.09 bits per heavy atom. The van der Waals surface area contributed by atoms with E-state index in [4.69, 9.17) is 9.47 Å². The first-order chi connectivity index (χ1) is 16.2. The summed E-state index contributed by atoms with van der Waals surface area (Å²) < 4.78 is 13.7. The minimum absolute atomic E-state index is 0.0113. The molecule has 2 aromatic heterocycles. The number of fused-ring (bicyclic) bond motifs is 1. The zero-order valence-electron chi connectivity index (χ0n) is 18.0. The number of thiophene rings is 1. The molecule has 0 aliphatic carbocycles. The monoisotopic (exact) mass is 478 g/mol. The summed E-state index contributed by atoms with van der Waals surface area (Å²) in [6.07, 6.45) is -0.211. The maximum atomic E-state index is 12.9. The molecule has 0 spiro atoms. The zero-order chi connectivity index (χ0) is 22.6. The number of benzene rings is 2. The molecule has 1 amide bonds. The normalized spacial score (nSPS) is 14.8. The molecule has 9 heteroatoms. The summed E-state index contributed by atoms with van der Waals surface area (Å²) in [6, 6.07) is 21.5. The van der Waals surface area contributed by atoms with E-state index in [0.29, 0.717) is 24.1 Å². The van der Waals surface area contributed by atoms with Crippen LogP contribution in [0, 0.1) is 0 Å². The molecule has 0 bridgehead atoms. The van der Waals surface area contributed by atoms with Gasteiger partial charge in [0.2, 0.25) is 5.91 Å². The minimum atomic E-state index is -0.211. The molecule has 1 aliphatic rings. The van der Waals surface area contributed by atoms with Crippen molar-refractivity contribution in [2.75, 3.05) is 26.0 Å². The number of likely N-dealkylation sites (N-methyl/N-ethyl adjacent to an activating group) is 1. The van der Waals surface area contributed by atoms with Gasteiger partial charge in [0.15, 0.2) is 28.6 Å². The highest BCUT2D eigenvalue weighted by atomic mass is 32.2. The molecular formula is C24H22N4O3S2. The van der Waals surface area contributed by atoms with E-state index in [9.17, 15) is 4.79 Å². The predicted octanol–water partition coefficient (Wildman–Crippen LogP) is 4.39. The van der Waals surface area contributed by atoms with Crippen LogP contribution in [0.3, 0.4) is 0 Å². The second-order valence-electron chi connectivity index (χ2n) is 7.51. The molecule has 5 rings (SSSR count). The van der Waals surface area contributed by atoms with Crippen LogP contribution >= 0.6 is 23.1 Å². The van der Waals surface area contributed by atoms with Gasteiger partial charge < -0.3 is 14.4 Å². The second-order valence-corrected chi connectivity index (χ2v) is 9.41. The molecule has 33 heavy (non-hydrogen) atoms. The van der Waals surface area contributed by atoms with Crippen molar-refractivity contribution >= 4 is 29.0 Å². The van der Waals surface area contributed by atoms with E-state index >= 15 is 0 Å². The molecule has 0 unspecified atom stereocenters. The number of amides is 1. The largest absolute Gasteiger partial charge is 0.486 e. The fraction of sp³-hybridized carbons (Fsp3) is 0.208. The number of nitrogens with zero attached hydrogens (tertiary/aromatic N) is 4. The van der Waals surface area contributed by atoms with E-state index in [-0.39, 0.29) is 17.8 Å². The quantitative estimate of drug-likeness (QED) is 0.367. The molecule has 0 radical (unpaired) electrons. The maximum absolute atomic E-state index is 12.9. The SMILES string of the molecule is CN(C[C@@H]1COc2ccccc2O1)C(=O)CSc1nnc(-c2cccs2)n1-c1ccccc1. The Morgan fingerprint density at radius 2 is 1.88 bits per heavy atom. The van der Waals surface area contributed by atoms with Crippen molar-refractivity contribution in [2.24, 2.45) is 0 Å². The zero-order valence-corrected chi connectivity index (χ0v) is 19.6. The van der Waals surface area contributed by atoms with Crippen LogP contribution in [-0.4, -0.2) is 57.6 Å². The van der Waals surface area contributed by atoms with Crippen LogP contribution in [0.25, 0.3) is 16.4 Å². The van der Waals surface area contributed by atoms with E-state index < -0.39 is 0 Å². The Labute approximate surface area is 200 Å². The van der Waals surface area contributed by atoms with Crippen LogP contribution < -0.4 is 9.47 Å². The number of thioether (sulfide) groups is 1. The Kier molecular flexibility index (Phi) is 6.32. The third kappa shape index (κ3) is 4.74. The van der Waals surface area contributed by atoms with E-state index in [1.807, 2.05) is 76.7 Å². The Hall–Kier alpha value is -3.30. The van der Waals surface area contributed by atoms with Crippen LogP contribution in [-0.2, 0) is 4.79 Å². The summed E-state index contributed by atoms with van der Waals surface area (Å²) >= 11 is 2.99. The Balaban J connectivity index is 1.26. The molecule has 168 valence electrons. The predicted molar refractivity (Wildman–Crippen MR) is 129 cm³/mol. The number of hydrogen-bond acceptors (Lipinski definition) is 7. The summed E-state index contributed by atoms with van der Waals surface area (Å²) in [5.41, 5.74) is 0.959. The van der Waals surface area contributed by atoms with Crippen molar-refractivity contribution in [3.63, 3.8) is 0 Å². The van der Waals surface area contributed by atoms with Crippen LogP contribution in [0.15, 0.2) is 77.3 Å². The lowest BCUT2D eigenvalue weighted by atomic mass is 10.2. The van der Waals surface area contributed by atoms with Crippen molar-refractivity contribution in [1.29, 1.82) is 0 Å². The lowest BCUT2D eigenvalue weighted by molar-refractivity contribution is -0.128. The van der Waals surface area contributed by atoms with E-state index in [0.717, 1.165) is 22.1 Å². The van der Waals surface area contributed by atoms with Crippen molar-refractivity contribution in [2.45, 2.75) is 11.3 Å². The summed E-state index contributed by atoms with van der Waals surface area (Å²) in [6.45, 7) is 0.855. The van der Waals surface area contributed by atoms with Crippen LogP contribution in [0.2, 0.25) is 0 Å². The van der Waals surface area contributed by atoms with Gasteiger partial charge in [-0.25, -0.2) is 0 Å². The molecule has 1 atom stereocenters. The van der Waals surface area contributed by atoms with Crippen molar-refractivity contribution in [1.82, 2.24) is 19.7 Å². The fourth-order valence-corrected chi connectivity index (χ4v) is 5.13. The third-order valence-corrected chi connectivity index (χ3v) is 6.96. The molecule has 1 aliphatic heterocycles. The first kappa shape index (κ1) is 21.5. The van der Waals surface area contributed by atoms with Gasteiger partial charge in [-0.1, -0.05) is 48.2 Å². The number of hydrogen-bond donors (Lipinski definition) is 0. The molecule has 2 aromatic carbocycles. The van der Waals surface area contributed by atoms with Gasteiger partial charge in [-0.05, 0) is 35.7 Å². The summed E-state index contributed by atoms with van der Waals surface area (Å²) in [4.78, 5) is 15.6. The molecule has 0 fully saturated rings. The molecule has 3 heterocycles. The molecule has 0 saturated carbocycles. The third-order valence-electron chi connectivity index (χ3n) is 5.18. The second kappa shape index (κ2) is 9.68. The Bertz CT molecular complexity index is 1230. The highest BCUT2D eigenvalue weighted by molar-refractivity contribution is 7.99. The van der Waals surface area contributed by atoms with Gasteiger partial charge in [0.1, 0.15) is 6.61 Å². The van der Waals surface area contributed by atoms with Crippen molar-refractivity contribution in [3.05, 3.63) is 72.1 Å². The highest BCUT2D eigenvalue weighted by Gasteiger charge is 2.24. The molecular weight excluding hydrogens is 456 g/mol. The molecule has 7 nitrogen and oxygen atoms in total. The summed E-state index contributed by atoms with van der Waals surface area (Å²) in [5, 5.41) is 11.5. The van der Waals surface area contributed by atoms with Gasteiger partial charge >= 0.3 is 0 Å². The van der Waals surface area contributed by atoms with Crippen molar-refractivity contribution < 1.29 is 14.3 Å². The number of aromatic nitrogens is 3. The topological polar surface area (TPSA) is 69.5 Å². The van der Waals surface area contributed by atoms with Gasteiger partial charge in [0.05, 0.1) is 17.2 Å². The van der Waals surface area contributed by atoms with Gasteiger partial charge in [-0.15, -0.1) is 21.5 Å². The first-order valence-corrected chi connectivity index (χ1v) is 12.4. The lowest BCUT2D eigenvalue weighted by Crippen LogP contribution is -2.42. The average Bonchev–Trinajstić information content (AvgIpc) is 3.53. The smallest absolute Gasteiger partial charge is 0.232 e. The number of rotatable bonds is 7. The van der Waals surface area contributed by atoms with Crippen LogP contribution in [0.5, 0.6) is 11.5 Å². The minimum Gasteiger partial charge on any atom is -0.486 e.